The number of anilines is 1. The summed E-state index contributed by atoms with van der Waals surface area (Å²) in [6, 6.07) is 13.0. The molecule has 0 unspecified atom stereocenters. The number of rotatable bonds is 6. The van der Waals surface area contributed by atoms with Crippen molar-refractivity contribution in [1.29, 1.82) is 0 Å². The van der Waals surface area contributed by atoms with Gasteiger partial charge in [0.1, 0.15) is 11.3 Å². The second-order valence-corrected chi connectivity index (χ2v) is 6.57. The molecule has 0 aliphatic rings. The van der Waals surface area contributed by atoms with Gasteiger partial charge in [0.25, 0.3) is 11.5 Å². The highest BCUT2D eigenvalue weighted by Gasteiger charge is 2.22. The Labute approximate surface area is 167 Å². The average Bonchev–Trinajstić information content (AvgIpc) is 2.73. The minimum atomic E-state index is -0.714. The molecule has 29 heavy (non-hydrogen) atoms. The second kappa shape index (κ2) is 8.60. The largest absolute Gasteiger partial charge is 0.506 e. The maximum Gasteiger partial charge on any atom is 0.337 e. The van der Waals surface area contributed by atoms with E-state index in [1.807, 2.05) is 6.92 Å². The number of nitrogens with one attached hydrogen (secondary N) is 1. The van der Waals surface area contributed by atoms with Crippen molar-refractivity contribution >= 4 is 28.5 Å². The maximum atomic E-state index is 13.0. The Balaban J connectivity index is 2.01. The van der Waals surface area contributed by atoms with Crippen LogP contribution in [0.3, 0.4) is 0 Å². The van der Waals surface area contributed by atoms with E-state index in [1.54, 1.807) is 24.3 Å². The number of carbonyl (C=O) groups excluding carboxylic acids is 2. The summed E-state index contributed by atoms with van der Waals surface area (Å²) < 4.78 is 6.16. The second-order valence-electron chi connectivity index (χ2n) is 6.57. The van der Waals surface area contributed by atoms with E-state index < -0.39 is 17.4 Å². The molecule has 0 fully saturated rings. The lowest BCUT2D eigenvalue weighted by atomic mass is 10.1. The molecular formula is C22H22N2O5. The predicted molar refractivity (Wildman–Crippen MR) is 111 cm³/mol. The molecule has 0 bridgehead atoms. The molecule has 150 valence electrons. The lowest BCUT2D eigenvalue weighted by Gasteiger charge is -2.15. The summed E-state index contributed by atoms with van der Waals surface area (Å²) in [6.07, 6.45) is 1.65. The number of aromatic hydroxyl groups is 1. The molecule has 0 spiro atoms. The van der Waals surface area contributed by atoms with E-state index in [9.17, 15) is 19.5 Å². The van der Waals surface area contributed by atoms with Crippen LogP contribution in [0.2, 0.25) is 0 Å². The third kappa shape index (κ3) is 3.99. The van der Waals surface area contributed by atoms with Crippen LogP contribution in [0.1, 0.15) is 40.5 Å². The Morgan fingerprint density at radius 1 is 1.10 bits per heavy atom. The Morgan fingerprint density at radius 3 is 2.45 bits per heavy atom. The first-order chi connectivity index (χ1) is 14.0. The number of ether oxygens (including phenoxy) is 1. The van der Waals surface area contributed by atoms with E-state index in [0.717, 1.165) is 12.8 Å². The van der Waals surface area contributed by atoms with E-state index in [1.165, 1.54) is 35.9 Å². The zero-order valence-electron chi connectivity index (χ0n) is 16.3. The van der Waals surface area contributed by atoms with Crippen LogP contribution in [0.15, 0.2) is 53.3 Å². The number of para-hydroxylation sites is 1. The van der Waals surface area contributed by atoms with Crippen molar-refractivity contribution in [1.82, 2.24) is 4.57 Å². The fourth-order valence-electron chi connectivity index (χ4n) is 3.13. The smallest absolute Gasteiger partial charge is 0.337 e. The summed E-state index contributed by atoms with van der Waals surface area (Å²) in [5, 5.41) is 13.7. The lowest BCUT2D eigenvalue weighted by molar-refractivity contribution is 0.0600. The molecule has 0 aliphatic heterocycles. The fraction of sp³-hybridized carbons (Fsp3) is 0.227. The van der Waals surface area contributed by atoms with Gasteiger partial charge in [0.2, 0.25) is 0 Å². The van der Waals surface area contributed by atoms with E-state index in [4.69, 9.17) is 0 Å². The van der Waals surface area contributed by atoms with Crippen molar-refractivity contribution in [3.63, 3.8) is 0 Å². The Hall–Kier alpha value is -3.61. The van der Waals surface area contributed by atoms with Crippen molar-refractivity contribution in [2.24, 2.45) is 0 Å². The molecule has 0 aliphatic carbocycles. The third-order valence-electron chi connectivity index (χ3n) is 4.67. The third-order valence-corrected chi connectivity index (χ3v) is 4.67. The van der Waals surface area contributed by atoms with E-state index >= 15 is 0 Å². The summed E-state index contributed by atoms with van der Waals surface area (Å²) in [5.41, 5.74) is 0.452. The predicted octanol–water partition coefficient (Wildman–Crippen LogP) is 3.55. The molecule has 3 rings (SSSR count). The number of methoxy groups -OCH3 is 1. The molecule has 0 saturated carbocycles. The average molecular weight is 394 g/mol. The standard InChI is InChI=1S/C22H22N2O5/c1-3-4-13-24-17-8-6-5-7-16(17)19(25)18(21(24)27)20(26)23-15-11-9-14(10-12-15)22(28)29-2/h5-12,25H,3-4,13H2,1-2H3,(H,23,26). The molecule has 7 nitrogen and oxygen atoms in total. The first-order valence-electron chi connectivity index (χ1n) is 9.32. The summed E-state index contributed by atoms with van der Waals surface area (Å²) in [6.45, 7) is 2.46. The minimum absolute atomic E-state index is 0.308. The van der Waals surface area contributed by atoms with E-state index in [-0.39, 0.29) is 11.3 Å². The van der Waals surface area contributed by atoms with Gasteiger partial charge in [0, 0.05) is 17.6 Å². The van der Waals surface area contributed by atoms with Crippen LogP contribution in [-0.4, -0.2) is 28.7 Å². The van der Waals surface area contributed by atoms with Gasteiger partial charge in [-0.1, -0.05) is 25.5 Å². The molecule has 1 amide bonds. The van der Waals surface area contributed by atoms with Crippen LogP contribution in [-0.2, 0) is 11.3 Å². The highest BCUT2D eigenvalue weighted by Crippen LogP contribution is 2.27. The number of aryl methyl sites for hydroxylation is 1. The van der Waals surface area contributed by atoms with Gasteiger partial charge in [-0.2, -0.15) is 0 Å². The summed E-state index contributed by atoms with van der Waals surface area (Å²) in [7, 11) is 1.28. The van der Waals surface area contributed by atoms with Crippen molar-refractivity contribution in [2.75, 3.05) is 12.4 Å². The molecule has 3 aromatic rings. The van der Waals surface area contributed by atoms with Gasteiger partial charge < -0.3 is 19.7 Å². The van der Waals surface area contributed by atoms with Crippen LogP contribution in [0, 0.1) is 0 Å². The number of nitrogens with zero attached hydrogens (tertiary/aromatic N) is 1. The van der Waals surface area contributed by atoms with Crippen LogP contribution in [0.4, 0.5) is 5.69 Å². The number of pyridine rings is 1. The first-order valence-corrected chi connectivity index (χ1v) is 9.32. The van der Waals surface area contributed by atoms with E-state index in [2.05, 4.69) is 10.1 Å². The van der Waals surface area contributed by atoms with Gasteiger partial charge in [-0.25, -0.2) is 4.79 Å². The van der Waals surface area contributed by atoms with Gasteiger partial charge in [0.05, 0.1) is 18.2 Å². The Morgan fingerprint density at radius 2 is 1.79 bits per heavy atom. The quantitative estimate of drug-likeness (QED) is 0.623. The Kier molecular flexibility index (Phi) is 5.97. The van der Waals surface area contributed by atoms with Crippen molar-refractivity contribution in [2.45, 2.75) is 26.3 Å². The topological polar surface area (TPSA) is 97.6 Å². The molecule has 7 heteroatoms. The number of carbonyl (C=O) groups is 2. The number of esters is 1. The summed E-state index contributed by atoms with van der Waals surface area (Å²) in [5.74, 6) is -1.55. The fourth-order valence-corrected chi connectivity index (χ4v) is 3.13. The van der Waals surface area contributed by atoms with Crippen molar-refractivity contribution < 1.29 is 19.4 Å². The molecule has 0 radical (unpaired) electrons. The van der Waals surface area contributed by atoms with Crippen LogP contribution >= 0.6 is 0 Å². The van der Waals surface area contributed by atoms with Gasteiger partial charge in [-0.05, 0) is 42.8 Å². The number of fused-ring (bicyclic) bond motifs is 1. The molecule has 2 N–H and O–H groups in total. The summed E-state index contributed by atoms with van der Waals surface area (Å²) >= 11 is 0. The number of aromatic nitrogens is 1. The maximum absolute atomic E-state index is 13.0. The zero-order chi connectivity index (χ0) is 21.0. The zero-order valence-corrected chi connectivity index (χ0v) is 16.3. The van der Waals surface area contributed by atoms with Gasteiger partial charge in [-0.15, -0.1) is 0 Å². The summed E-state index contributed by atoms with van der Waals surface area (Å²) in [4.78, 5) is 37.3. The molecule has 1 heterocycles. The number of benzene rings is 2. The van der Waals surface area contributed by atoms with Crippen molar-refractivity contribution in [3.8, 4) is 5.75 Å². The molecule has 0 saturated heterocycles. The lowest BCUT2D eigenvalue weighted by Crippen LogP contribution is -2.30. The van der Waals surface area contributed by atoms with Crippen molar-refractivity contribution in [3.05, 3.63) is 70.0 Å². The van der Waals surface area contributed by atoms with Crippen LogP contribution < -0.4 is 10.9 Å². The first kappa shape index (κ1) is 20.1. The highest BCUT2D eigenvalue weighted by molar-refractivity contribution is 6.09. The van der Waals surface area contributed by atoms with E-state index in [0.29, 0.717) is 28.7 Å². The number of amides is 1. The van der Waals surface area contributed by atoms with Gasteiger partial charge in [0.15, 0.2) is 0 Å². The van der Waals surface area contributed by atoms with Crippen LogP contribution in [0.25, 0.3) is 10.9 Å². The number of unbranched alkanes of at least 4 members (excludes halogenated alkanes) is 1. The van der Waals surface area contributed by atoms with Crippen LogP contribution in [0.5, 0.6) is 5.75 Å². The number of hydrogen-bond acceptors (Lipinski definition) is 5. The minimum Gasteiger partial charge on any atom is -0.506 e. The molecule has 2 aromatic carbocycles. The van der Waals surface area contributed by atoms with Gasteiger partial charge in [-0.3, -0.25) is 9.59 Å². The Bertz CT molecular complexity index is 1120. The monoisotopic (exact) mass is 394 g/mol. The molecule has 0 atom stereocenters. The highest BCUT2D eigenvalue weighted by atomic mass is 16.5. The molecular weight excluding hydrogens is 372 g/mol. The van der Waals surface area contributed by atoms with Gasteiger partial charge >= 0.3 is 5.97 Å². The SMILES string of the molecule is CCCCn1c(=O)c(C(=O)Nc2ccc(C(=O)OC)cc2)c(O)c2ccccc21. The number of hydrogen-bond donors (Lipinski definition) is 2. The molecule has 1 aromatic heterocycles. The normalized spacial score (nSPS) is 10.7.